The topological polar surface area (TPSA) is 106 Å². The molecule has 0 aliphatic heterocycles. The molecule has 1 heterocycles. The first-order valence-electron chi connectivity index (χ1n) is 7.84. The fourth-order valence-corrected chi connectivity index (χ4v) is 5.70. The summed E-state index contributed by atoms with van der Waals surface area (Å²) in [4.78, 5) is 24.5. The lowest BCUT2D eigenvalue weighted by atomic mass is 9.89. The van der Waals surface area contributed by atoms with E-state index in [4.69, 9.17) is 5.73 Å². The standard InChI is InChI=1S/C17H18N2O4S2/c1-3-25(22,23)13-6-4-5-11-10(13)7-8-12-14(16(18)21)17(19-9(2)20)24-15(11)12/h4-6H,3,7-8H2,1-2H3,(H2,18,21)(H,19,20). The van der Waals surface area contributed by atoms with Gasteiger partial charge in [0.25, 0.3) is 5.91 Å². The molecule has 0 saturated carbocycles. The number of fused-ring (bicyclic) bond motifs is 3. The van der Waals surface area contributed by atoms with E-state index in [1.807, 2.05) is 6.07 Å². The smallest absolute Gasteiger partial charge is 0.252 e. The van der Waals surface area contributed by atoms with E-state index in [1.54, 1.807) is 19.1 Å². The van der Waals surface area contributed by atoms with Crippen molar-refractivity contribution in [3.63, 3.8) is 0 Å². The number of rotatable bonds is 4. The van der Waals surface area contributed by atoms with Crippen molar-refractivity contribution in [2.45, 2.75) is 31.6 Å². The summed E-state index contributed by atoms with van der Waals surface area (Å²) in [6, 6.07) is 5.18. The third-order valence-corrected chi connectivity index (χ3v) is 7.25. The first-order chi connectivity index (χ1) is 11.8. The number of carbonyl (C=O) groups is 2. The molecule has 132 valence electrons. The average molecular weight is 378 g/mol. The second-order valence-electron chi connectivity index (χ2n) is 5.84. The van der Waals surface area contributed by atoms with E-state index in [0.717, 1.165) is 21.6 Å². The Kier molecular flexibility index (Phi) is 4.42. The Bertz CT molecular complexity index is 990. The molecule has 3 N–H and O–H groups in total. The van der Waals surface area contributed by atoms with Crippen LogP contribution in [0.1, 0.15) is 35.3 Å². The van der Waals surface area contributed by atoms with Crippen LogP contribution < -0.4 is 11.1 Å². The van der Waals surface area contributed by atoms with Gasteiger partial charge in [0.15, 0.2) is 9.84 Å². The molecule has 0 fully saturated rings. The van der Waals surface area contributed by atoms with Crippen molar-refractivity contribution < 1.29 is 18.0 Å². The Morgan fingerprint density at radius 3 is 2.52 bits per heavy atom. The molecule has 0 spiro atoms. The van der Waals surface area contributed by atoms with Gasteiger partial charge in [0, 0.05) is 11.8 Å². The fourth-order valence-electron chi connectivity index (χ4n) is 3.16. The molecule has 25 heavy (non-hydrogen) atoms. The number of amides is 2. The van der Waals surface area contributed by atoms with Gasteiger partial charge >= 0.3 is 0 Å². The van der Waals surface area contributed by atoms with Crippen LogP contribution in [-0.2, 0) is 27.5 Å². The summed E-state index contributed by atoms with van der Waals surface area (Å²) in [6.45, 7) is 2.98. The van der Waals surface area contributed by atoms with Gasteiger partial charge in [0.1, 0.15) is 5.00 Å². The Morgan fingerprint density at radius 2 is 1.92 bits per heavy atom. The van der Waals surface area contributed by atoms with Crippen molar-refractivity contribution in [2.75, 3.05) is 11.1 Å². The van der Waals surface area contributed by atoms with E-state index in [-0.39, 0.29) is 11.7 Å². The van der Waals surface area contributed by atoms with Crippen molar-refractivity contribution >= 4 is 38.0 Å². The largest absolute Gasteiger partial charge is 0.365 e. The molecule has 0 atom stereocenters. The van der Waals surface area contributed by atoms with Crippen LogP contribution in [0.4, 0.5) is 5.00 Å². The zero-order valence-corrected chi connectivity index (χ0v) is 15.5. The molecule has 0 radical (unpaired) electrons. The fraction of sp³-hybridized carbons (Fsp3) is 0.294. The molecule has 1 aliphatic rings. The Hall–Kier alpha value is -2.19. The van der Waals surface area contributed by atoms with E-state index in [0.29, 0.717) is 28.3 Å². The Labute approximate surface area is 150 Å². The number of anilines is 1. The van der Waals surface area contributed by atoms with Gasteiger partial charge in [-0.15, -0.1) is 11.3 Å². The van der Waals surface area contributed by atoms with Crippen molar-refractivity contribution in [3.8, 4) is 10.4 Å². The van der Waals surface area contributed by atoms with Gasteiger partial charge in [0.05, 0.1) is 16.2 Å². The predicted octanol–water partition coefficient (Wildman–Crippen LogP) is 2.36. The number of hydrogen-bond acceptors (Lipinski definition) is 5. The highest BCUT2D eigenvalue weighted by molar-refractivity contribution is 7.91. The first-order valence-corrected chi connectivity index (χ1v) is 10.3. The van der Waals surface area contributed by atoms with E-state index in [1.165, 1.54) is 18.3 Å². The summed E-state index contributed by atoms with van der Waals surface area (Å²) in [7, 11) is -3.34. The van der Waals surface area contributed by atoms with Crippen LogP contribution in [0.15, 0.2) is 23.1 Å². The first kappa shape index (κ1) is 17.6. The van der Waals surface area contributed by atoms with E-state index >= 15 is 0 Å². The highest BCUT2D eigenvalue weighted by atomic mass is 32.2. The SMILES string of the molecule is CCS(=O)(=O)c1cccc2c1CCc1c-2sc(NC(C)=O)c1C(N)=O. The van der Waals surface area contributed by atoms with E-state index in [9.17, 15) is 18.0 Å². The van der Waals surface area contributed by atoms with Crippen LogP contribution in [0, 0.1) is 0 Å². The predicted molar refractivity (Wildman–Crippen MR) is 97.7 cm³/mol. The van der Waals surface area contributed by atoms with Crippen LogP contribution in [0.2, 0.25) is 0 Å². The Morgan fingerprint density at radius 1 is 1.24 bits per heavy atom. The molecule has 1 aromatic carbocycles. The lowest BCUT2D eigenvalue weighted by Crippen LogP contribution is -2.18. The monoisotopic (exact) mass is 378 g/mol. The number of nitrogens with two attached hydrogens (primary N) is 1. The van der Waals surface area contributed by atoms with Gasteiger partial charge in [0.2, 0.25) is 5.91 Å². The summed E-state index contributed by atoms with van der Waals surface area (Å²) in [5.41, 5.74) is 8.18. The zero-order valence-electron chi connectivity index (χ0n) is 13.9. The van der Waals surface area contributed by atoms with Gasteiger partial charge in [-0.1, -0.05) is 19.1 Å². The normalized spacial score (nSPS) is 13.0. The molecule has 2 aromatic rings. The highest BCUT2D eigenvalue weighted by Crippen LogP contribution is 2.46. The van der Waals surface area contributed by atoms with Crippen molar-refractivity contribution in [2.24, 2.45) is 5.73 Å². The van der Waals surface area contributed by atoms with Crippen LogP contribution in [0.25, 0.3) is 10.4 Å². The molecule has 1 aliphatic carbocycles. The Balaban J connectivity index is 2.25. The number of primary amides is 1. The molecule has 0 unspecified atom stereocenters. The molecule has 0 saturated heterocycles. The molecule has 3 rings (SSSR count). The zero-order chi connectivity index (χ0) is 18.4. The minimum Gasteiger partial charge on any atom is -0.365 e. The number of thiophene rings is 1. The van der Waals surface area contributed by atoms with Gasteiger partial charge < -0.3 is 11.1 Å². The molecule has 0 bridgehead atoms. The number of nitrogens with one attached hydrogen (secondary N) is 1. The lowest BCUT2D eigenvalue weighted by Gasteiger charge is -2.20. The minimum atomic E-state index is -3.34. The molecule has 2 amide bonds. The van der Waals surface area contributed by atoms with Crippen LogP contribution in [0.5, 0.6) is 0 Å². The summed E-state index contributed by atoms with van der Waals surface area (Å²) in [5, 5.41) is 3.08. The second-order valence-corrected chi connectivity index (χ2v) is 9.11. The van der Waals surface area contributed by atoms with Gasteiger partial charge in [-0.2, -0.15) is 0 Å². The summed E-state index contributed by atoms with van der Waals surface area (Å²) in [6.07, 6.45) is 1.02. The maximum Gasteiger partial charge on any atom is 0.252 e. The third kappa shape index (κ3) is 2.96. The summed E-state index contributed by atoms with van der Waals surface area (Å²) < 4.78 is 24.8. The number of benzene rings is 1. The molecule has 6 nitrogen and oxygen atoms in total. The summed E-state index contributed by atoms with van der Waals surface area (Å²) >= 11 is 1.26. The molecular weight excluding hydrogens is 360 g/mol. The minimum absolute atomic E-state index is 0.0322. The van der Waals surface area contributed by atoms with Crippen LogP contribution in [-0.4, -0.2) is 26.0 Å². The van der Waals surface area contributed by atoms with E-state index < -0.39 is 15.7 Å². The maximum atomic E-state index is 12.4. The van der Waals surface area contributed by atoms with Gasteiger partial charge in [-0.25, -0.2) is 8.42 Å². The summed E-state index contributed by atoms with van der Waals surface area (Å²) in [5.74, 6) is -0.851. The average Bonchev–Trinajstić information content (AvgIpc) is 2.91. The molecular formula is C17H18N2O4S2. The van der Waals surface area contributed by atoms with E-state index in [2.05, 4.69) is 5.32 Å². The number of hydrogen-bond donors (Lipinski definition) is 2. The van der Waals surface area contributed by atoms with Crippen molar-refractivity contribution in [1.29, 1.82) is 0 Å². The molecule has 8 heteroatoms. The third-order valence-electron chi connectivity index (χ3n) is 4.26. The molecule has 1 aromatic heterocycles. The number of sulfone groups is 1. The van der Waals surface area contributed by atoms with Crippen molar-refractivity contribution in [3.05, 3.63) is 34.9 Å². The second kappa shape index (κ2) is 6.27. The quantitative estimate of drug-likeness (QED) is 0.852. The van der Waals surface area contributed by atoms with Crippen LogP contribution in [0.3, 0.4) is 0 Å². The lowest BCUT2D eigenvalue weighted by molar-refractivity contribution is -0.114. The number of carbonyl (C=O) groups excluding carboxylic acids is 2. The van der Waals surface area contributed by atoms with Crippen LogP contribution >= 0.6 is 11.3 Å². The maximum absolute atomic E-state index is 12.4. The highest BCUT2D eigenvalue weighted by Gasteiger charge is 2.30. The van der Waals surface area contributed by atoms with Gasteiger partial charge in [-0.3, -0.25) is 9.59 Å². The van der Waals surface area contributed by atoms with Gasteiger partial charge in [-0.05, 0) is 35.6 Å². The van der Waals surface area contributed by atoms with Crippen molar-refractivity contribution in [1.82, 2.24) is 0 Å².